The number of fused-ring (bicyclic) bond motifs is 1. The van der Waals surface area contributed by atoms with Crippen LogP contribution in [0.5, 0.6) is 5.88 Å². The molecule has 5 nitrogen and oxygen atoms in total. The van der Waals surface area contributed by atoms with Gasteiger partial charge in [-0.1, -0.05) is 17.7 Å². The molecular weight excluding hydrogens is 266 g/mol. The molecule has 1 aromatic carbocycles. The number of hydrogen-bond acceptors (Lipinski definition) is 4. The highest BCUT2D eigenvalue weighted by Gasteiger charge is 2.19. The van der Waals surface area contributed by atoms with Crippen molar-refractivity contribution in [3.05, 3.63) is 58.3 Å². The van der Waals surface area contributed by atoms with Gasteiger partial charge in [-0.3, -0.25) is 4.98 Å². The van der Waals surface area contributed by atoms with Gasteiger partial charge in [-0.25, -0.2) is 0 Å². The zero-order valence-corrected chi connectivity index (χ0v) is 11.9. The Balaban J connectivity index is 2.27. The minimum atomic E-state index is -0.112. The van der Waals surface area contributed by atoms with Gasteiger partial charge in [0.05, 0.1) is 17.8 Å². The van der Waals surface area contributed by atoms with E-state index in [2.05, 4.69) is 10.2 Å². The maximum Gasteiger partial charge on any atom is 0.222 e. The fraction of sp³-hybridized carbons (Fsp3) is 0.188. The second-order valence-corrected chi connectivity index (χ2v) is 5.15. The molecule has 3 aromatic rings. The largest absolute Gasteiger partial charge is 0.493 e. The summed E-state index contributed by atoms with van der Waals surface area (Å²) in [6, 6.07) is 9.49. The normalized spacial score (nSPS) is 11.0. The van der Waals surface area contributed by atoms with E-state index in [9.17, 15) is 10.0 Å². The molecule has 1 N–H and O–H groups in total. The Kier molecular flexibility index (Phi) is 3.17. The minimum absolute atomic E-state index is 0.0905. The molecule has 0 fully saturated rings. The van der Waals surface area contributed by atoms with Crippen molar-refractivity contribution in [3.8, 4) is 5.88 Å². The van der Waals surface area contributed by atoms with E-state index in [0.717, 1.165) is 22.3 Å². The highest BCUT2D eigenvalue weighted by atomic mass is 16.3. The number of nitrogens with zero attached hydrogens (tertiary/aromatic N) is 3. The maximum absolute atomic E-state index is 11.1. The van der Waals surface area contributed by atoms with Gasteiger partial charge in [0.25, 0.3) is 0 Å². The lowest BCUT2D eigenvalue weighted by Gasteiger charge is -2.08. The van der Waals surface area contributed by atoms with Gasteiger partial charge in [-0.2, -0.15) is 0 Å². The molecule has 0 aliphatic rings. The number of hydrogen-bond donors (Lipinski definition) is 1. The van der Waals surface area contributed by atoms with E-state index < -0.39 is 0 Å². The predicted molar refractivity (Wildman–Crippen MR) is 81.9 cm³/mol. The van der Waals surface area contributed by atoms with E-state index in [-0.39, 0.29) is 11.6 Å². The van der Waals surface area contributed by atoms with E-state index in [0.29, 0.717) is 11.9 Å². The Hall–Kier alpha value is -2.69. The highest BCUT2D eigenvalue weighted by Crippen LogP contribution is 2.40. The topological polar surface area (TPSA) is 67.5 Å². The van der Waals surface area contributed by atoms with Crippen molar-refractivity contribution in [2.24, 2.45) is 5.18 Å². The zero-order valence-electron chi connectivity index (χ0n) is 11.9. The molecule has 21 heavy (non-hydrogen) atoms. The van der Waals surface area contributed by atoms with Gasteiger partial charge in [-0.05, 0) is 42.8 Å². The number of nitroso groups, excluding NO2 is 1. The molecule has 2 heterocycles. The Morgan fingerprint density at radius 2 is 2.10 bits per heavy atom. The van der Waals surface area contributed by atoms with Crippen molar-refractivity contribution in [3.63, 3.8) is 0 Å². The van der Waals surface area contributed by atoms with E-state index in [1.54, 1.807) is 10.8 Å². The smallest absolute Gasteiger partial charge is 0.222 e. The molecular formula is C16H15N3O2. The molecule has 0 saturated heterocycles. The van der Waals surface area contributed by atoms with Crippen LogP contribution in [0, 0.1) is 18.8 Å². The van der Waals surface area contributed by atoms with Crippen molar-refractivity contribution < 1.29 is 5.11 Å². The number of aromatic nitrogens is 2. The molecule has 106 valence electrons. The summed E-state index contributed by atoms with van der Waals surface area (Å²) in [5, 5.41) is 14.0. The minimum Gasteiger partial charge on any atom is -0.493 e. The molecule has 0 saturated carbocycles. The third-order valence-electron chi connectivity index (χ3n) is 3.57. The first-order valence-corrected chi connectivity index (χ1v) is 6.67. The predicted octanol–water partition coefficient (Wildman–Crippen LogP) is 3.80. The first-order valence-electron chi connectivity index (χ1n) is 6.67. The standard InChI is InChI=1S/C16H15N3O2/c1-10-7-11(2)15-13(8-10)14(18-21)16(20)19(15)9-12-5-3-4-6-17-12/h3-8,20H,9H2,1-2H3. The van der Waals surface area contributed by atoms with Crippen molar-refractivity contribution >= 4 is 16.6 Å². The Labute approximate surface area is 121 Å². The van der Waals surface area contributed by atoms with Gasteiger partial charge < -0.3 is 9.67 Å². The van der Waals surface area contributed by atoms with Crippen LogP contribution in [0.3, 0.4) is 0 Å². The number of rotatable bonds is 3. The SMILES string of the molecule is Cc1cc(C)c2c(c1)c(N=O)c(O)n2Cc1ccccn1. The molecule has 0 spiro atoms. The summed E-state index contributed by atoms with van der Waals surface area (Å²) in [7, 11) is 0. The van der Waals surface area contributed by atoms with Crippen LogP contribution in [0.25, 0.3) is 10.9 Å². The molecule has 0 aliphatic carbocycles. The number of benzene rings is 1. The van der Waals surface area contributed by atoms with Gasteiger partial charge in [0.1, 0.15) is 0 Å². The van der Waals surface area contributed by atoms with Crippen LogP contribution in [0.4, 0.5) is 5.69 Å². The second-order valence-electron chi connectivity index (χ2n) is 5.15. The number of aryl methyl sites for hydroxylation is 2. The summed E-state index contributed by atoms with van der Waals surface area (Å²) in [6.07, 6.45) is 1.70. The van der Waals surface area contributed by atoms with Crippen molar-refractivity contribution in [1.82, 2.24) is 9.55 Å². The summed E-state index contributed by atoms with van der Waals surface area (Å²) in [5.41, 5.74) is 3.74. The maximum atomic E-state index is 11.1. The van der Waals surface area contributed by atoms with Crippen LogP contribution >= 0.6 is 0 Å². The van der Waals surface area contributed by atoms with Crippen molar-refractivity contribution in [2.45, 2.75) is 20.4 Å². The lowest BCUT2D eigenvalue weighted by atomic mass is 10.1. The molecule has 0 atom stereocenters. The van der Waals surface area contributed by atoms with Gasteiger partial charge in [0.15, 0.2) is 5.69 Å². The first-order chi connectivity index (χ1) is 10.1. The monoisotopic (exact) mass is 281 g/mol. The van der Waals surface area contributed by atoms with Gasteiger partial charge >= 0.3 is 0 Å². The van der Waals surface area contributed by atoms with Gasteiger partial charge in [0.2, 0.25) is 5.88 Å². The lowest BCUT2D eigenvalue weighted by molar-refractivity contribution is 0.429. The van der Waals surface area contributed by atoms with E-state index in [1.807, 2.05) is 44.2 Å². The summed E-state index contributed by atoms with van der Waals surface area (Å²) in [4.78, 5) is 15.4. The molecule has 0 amide bonds. The van der Waals surface area contributed by atoms with E-state index >= 15 is 0 Å². The summed E-state index contributed by atoms with van der Waals surface area (Å²) in [5.74, 6) is -0.112. The quantitative estimate of drug-likeness (QED) is 0.742. The Morgan fingerprint density at radius 3 is 2.76 bits per heavy atom. The van der Waals surface area contributed by atoms with E-state index in [1.165, 1.54) is 0 Å². The van der Waals surface area contributed by atoms with Crippen LogP contribution in [-0.4, -0.2) is 14.7 Å². The molecule has 0 radical (unpaired) electrons. The Morgan fingerprint density at radius 1 is 1.29 bits per heavy atom. The van der Waals surface area contributed by atoms with Crippen LogP contribution < -0.4 is 0 Å². The molecule has 0 bridgehead atoms. The molecule has 0 unspecified atom stereocenters. The number of aromatic hydroxyl groups is 1. The van der Waals surface area contributed by atoms with E-state index in [4.69, 9.17) is 0 Å². The van der Waals surface area contributed by atoms with Crippen molar-refractivity contribution in [1.29, 1.82) is 0 Å². The summed E-state index contributed by atoms with van der Waals surface area (Å²) in [6.45, 7) is 4.30. The fourth-order valence-electron chi connectivity index (χ4n) is 2.75. The van der Waals surface area contributed by atoms with Crippen LogP contribution in [0.1, 0.15) is 16.8 Å². The Bertz CT molecular complexity index is 823. The number of pyridine rings is 1. The van der Waals surface area contributed by atoms with Crippen LogP contribution in [-0.2, 0) is 6.54 Å². The highest BCUT2D eigenvalue weighted by molar-refractivity contribution is 5.97. The summed E-state index contributed by atoms with van der Waals surface area (Å²) < 4.78 is 1.68. The third kappa shape index (κ3) is 2.16. The molecule has 5 heteroatoms. The van der Waals surface area contributed by atoms with Crippen LogP contribution in [0.15, 0.2) is 41.7 Å². The second kappa shape index (κ2) is 5.01. The zero-order chi connectivity index (χ0) is 15.0. The lowest BCUT2D eigenvalue weighted by Crippen LogP contribution is -2.01. The van der Waals surface area contributed by atoms with Crippen LogP contribution in [0.2, 0.25) is 0 Å². The summed E-state index contributed by atoms with van der Waals surface area (Å²) >= 11 is 0. The molecule has 3 rings (SSSR count). The average molecular weight is 281 g/mol. The molecule has 0 aliphatic heterocycles. The van der Waals surface area contributed by atoms with Gasteiger partial charge in [0, 0.05) is 11.6 Å². The fourth-order valence-corrected chi connectivity index (χ4v) is 2.75. The van der Waals surface area contributed by atoms with Crippen molar-refractivity contribution in [2.75, 3.05) is 0 Å². The average Bonchev–Trinajstić information content (AvgIpc) is 2.72. The third-order valence-corrected chi connectivity index (χ3v) is 3.57. The molecule has 2 aromatic heterocycles. The van der Waals surface area contributed by atoms with Gasteiger partial charge in [-0.15, -0.1) is 4.91 Å². The first kappa shape index (κ1) is 13.3.